The molecule has 0 aliphatic carbocycles. The molecule has 0 saturated carbocycles. The maximum atomic E-state index is 6.11. The Kier molecular flexibility index (Phi) is 12.3. The first-order chi connectivity index (χ1) is 11.0. The molecule has 0 unspecified atom stereocenters. The highest BCUT2D eigenvalue weighted by Crippen LogP contribution is 2.24. The van der Waals surface area contributed by atoms with Crippen LogP contribution in [0, 0.1) is 0 Å². The number of likely N-dealkylation sites (N-methyl/N-ethyl adjacent to an activating group) is 1. The van der Waals surface area contributed by atoms with E-state index in [4.69, 9.17) is 27.9 Å². The van der Waals surface area contributed by atoms with Gasteiger partial charge in [0.15, 0.2) is 0 Å². The van der Waals surface area contributed by atoms with E-state index >= 15 is 0 Å². The molecule has 0 aromatic heterocycles. The van der Waals surface area contributed by atoms with Gasteiger partial charge in [0.05, 0.1) is 0 Å². The number of rotatable bonds is 8. The van der Waals surface area contributed by atoms with Gasteiger partial charge in [-0.1, -0.05) is 35.3 Å². The van der Waals surface area contributed by atoms with Gasteiger partial charge in [-0.25, -0.2) is 0 Å². The molecule has 0 spiro atoms. The monoisotopic (exact) mass is 424 g/mol. The van der Waals surface area contributed by atoms with Crippen LogP contribution >= 0.6 is 48.0 Å². The molecule has 3 nitrogen and oxygen atoms in total. The average Bonchev–Trinajstić information content (AvgIpc) is 2.52. The van der Waals surface area contributed by atoms with Crippen LogP contribution in [0.5, 0.6) is 5.75 Å². The molecule has 0 aliphatic heterocycles. The van der Waals surface area contributed by atoms with Gasteiger partial charge >= 0.3 is 0 Å². The number of halogens is 4. The first-order valence-corrected chi connectivity index (χ1v) is 8.31. The third-order valence-electron chi connectivity index (χ3n) is 3.38. The number of hydrogen-bond acceptors (Lipinski definition) is 3. The molecule has 0 amide bonds. The minimum Gasteiger partial charge on any atom is -0.489 e. The van der Waals surface area contributed by atoms with Gasteiger partial charge in [0.25, 0.3) is 0 Å². The largest absolute Gasteiger partial charge is 0.489 e. The second-order valence-electron chi connectivity index (χ2n) is 5.65. The lowest BCUT2D eigenvalue weighted by molar-refractivity contribution is 0.302. The summed E-state index contributed by atoms with van der Waals surface area (Å²) in [5, 5.41) is 4.85. The average molecular weight is 426 g/mol. The third kappa shape index (κ3) is 9.00. The zero-order valence-corrected chi connectivity index (χ0v) is 17.4. The molecule has 25 heavy (non-hydrogen) atoms. The van der Waals surface area contributed by atoms with Crippen LogP contribution in [0.1, 0.15) is 11.1 Å². The van der Waals surface area contributed by atoms with Crippen molar-refractivity contribution in [3.8, 4) is 5.75 Å². The molecule has 2 aromatic carbocycles. The van der Waals surface area contributed by atoms with Crippen molar-refractivity contribution in [3.05, 3.63) is 63.6 Å². The van der Waals surface area contributed by atoms with Crippen molar-refractivity contribution in [2.75, 3.05) is 27.2 Å². The number of ether oxygens (including phenoxy) is 1. The highest BCUT2D eigenvalue weighted by atomic mass is 35.5. The minimum atomic E-state index is 0. The Hall–Kier alpha value is -0.680. The van der Waals surface area contributed by atoms with E-state index < -0.39 is 0 Å². The van der Waals surface area contributed by atoms with Gasteiger partial charge in [0.2, 0.25) is 0 Å². The normalized spacial score (nSPS) is 10.1. The van der Waals surface area contributed by atoms with Crippen LogP contribution in [0.15, 0.2) is 42.5 Å². The number of nitrogens with zero attached hydrogens (tertiary/aromatic N) is 1. The molecule has 0 aliphatic rings. The molecule has 140 valence electrons. The van der Waals surface area contributed by atoms with Gasteiger partial charge < -0.3 is 15.0 Å². The molecular weight excluding hydrogens is 402 g/mol. The van der Waals surface area contributed by atoms with E-state index in [0.717, 1.165) is 41.5 Å². The van der Waals surface area contributed by atoms with Gasteiger partial charge in [0, 0.05) is 35.2 Å². The number of hydrogen-bond donors (Lipinski definition) is 1. The molecule has 1 N–H and O–H groups in total. The molecular formula is C18H24Cl4N2O. The lowest BCUT2D eigenvalue weighted by Crippen LogP contribution is -2.26. The summed E-state index contributed by atoms with van der Waals surface area (Å²) in [6.07, 6.45) is 0. The maximum absolute atomic E-state index is 6.11. The highest BCUT2D eigenvalue weighted by molar-refractivity contribution is 6.30. The summed E-state index contributed by atoms with van der Waals surface area (Å²) in [4.78, 5) is 2.14. The topological polar surface area (TPSA) is 24.5 Å². The Labute approximate surface area is 172 Å². The molecule has 0 heterocycles. The Morgan fingerprint density at radius 2 is 1.60 bits per heavy atom. The maximum Gasteiger partial charge on any atom is 0.124 e. The third-order valence-corrected chi connectivity index (χ3v) is 3.87. The van der Waals surface area contributed by atoms with Crippen LogP contribution in [0.2, 0.25) is 10.0 Å². The summed E-state index contributed by atoms with van der Waals surface area (Å²) in [6, 6.07) is 13.4. The zero-order chi connectivity index (χ0) is 16.7. The summed E-state index contributed by atoms with van der Waals surface area (Å²) in [7, 11) is 4.11. The van der Waals surface area contributed by atoms with E-state index in [1.165, 1.54) is 0 Å². The van der Waals surface area contributed by atoms with Gasteiger partial charge in [-0.3, -0.25) is 0 Å². The van der Waals surface area contributed by atoms with E-state index in [-0.39, 0.29) is 24.8 Å². The smallest absolute Gasteiger partial charge is 0.124 e. The molecule has 2 rings (SSSR count). The fourth-order valence-corrected chi connectivity index (χ4v) is 2.42. The summed E-state index contributed by atoms with van der Waals surface area (Å²) in [5.41, 5.74) is 2.14. The Balaban J connectivity index is 0.00000288. The summed E-state index contributed by atoms with van der Waals surface area (Å²) < 4.78 is 5.94. The van der Waals surface area contributed by atoms with Crippen LogP contribution in [0.3, 0.4) is 0 Å². The lowest BCUT2D eigenvalue weighted by Gasteiger charge is -2.14. The number of benzene rings is 2. The van der Waals surface area contributed by atoms with Crippen LogP contribution in [-0.2, 0) is 13.2 Å². The second-order valence-corrected chi connectivity index (χ2v) is 6.52. The van der Waals surface area contributed by atoms with E-state index in [9.17, 15) is 0 Å². The Bertz CT molecular complexity index is 621. The first-order valence-electron chi connectivity index (χ1n) is 7.56. The Morgan fingerprint density at radius 1 is 0.960 bits per heavy atom. The van der Waals surface area contributed by atoms with Crippen molar-refractivity contribution >= 4 is 48.0 Å². The van der Waals surface area contributed by atoms with Crippen molar-refractivity contribution in [2.45, 2.75) is 13.2 Å². The van der Waals surface area contributed by atoms with E-state index in [2.05, 4.69) is 24.3 Å². The van der Waals surface area contributed by atoms with E-state index in [1.807, 2.05) is 42.5 Å². The van der Waals surface area contributed by atoms with Gasteiger partial charge in [-0.2, -0.15) is 0 Å². The molecule has 0 radical (unpaired) electrons. The molecule has 0 saturated heterocycles. The fraction of sp³-hybridized carbons (Fsp3) is 0.333. The van der Waals surface area contributed by atoms with E-state index in [1.54, 1.807) is 0 Å². The molecule has 2 aromatic rings. The quantitative estimate of drug-likeness (QED) is 0.597. The van der Waals surface area contributed by atoms with E-state index in [0.29, 0.717) is 11.6 Å². The second kappa shape index (κ2) is 12.6. The zero-order valence-electron chi connectivity index (χ0n) is 14.3. The molecule has 0 atom stereocenters. The first kappa shape index (κ1) is 24.3. The van der Waals surface area contributed by atoms with Crippen molar-refractivity contribution in [1.82, 2.24) is 10.2 Å². The van der Waals surface area contributed by atoms with Crippen molar-refractivity contribution in [2.24, 2.45) is 0 Å². The summed E-state index contributed by atoms with van der Waals surface area (Å²) in [6.45, 7) is 3.13. The fourth-order valence-electron chi connectivity index (χ4n) is 2.09. The predicted octanol–water partition coefficient (Wildman–Crippen LogP) is 5.07. The van der Waals surface area contributed by atoms with Crippen LogP contribution in [0.25, 0.3) is 0 Å². The predicted molar refractivity (Wildman–Crippen MR) is 112 cm³/mol. The van der Waals surface area contributed by atoms with Crippen molar-refractivity contribution in [3.63, 3.8) is 0 Å². The summed E-state index contributed by atoms with van der Waals surface area (Å²) >= 11 is 12.0. The SMILES string of the molecule is CN(C)CCNCc1cc(Cl)ccc1OCc1ccc(Cl)cc1.Cl.Cl. The minimum absolute atomic E-state index is 0. The van der Waals surface area contributed by atoms with Gasteiger partial charge in [-0.05, 0) is 50.0 Å². The molecule has 7 heteroatoms. The van der Waals surface area contributed by atoms with Gasteiger partial charge in [0.1, 0.15) is 12.4 Å². The summed E-state index contributed by atoms with van der Waals surface area (Å²) in [5.74, 6) is 0.849. The van der Waals surface area contributed by atoms with Gasteiger partial charge in [-0.15, -0.1) is 24.8 Å². The molecule has 0 bridgehead atoms. The molecule has 0 fully saturated rings. The van der Waals surface area contributed by atoms with Crippen LogP contribution < -0.4 is 10.1 Å². The van der Waals surface area contributed by atoms with Crippen molar-refractivity contribution < 1.29 is 4.74 Å². The lowest BCUT2D eigenvalue weighted by atomic mass is 10.2. The standard InChI is InChI=1S/C18H22Cl2N2O.2ClH/c1-22(2)10-9-21-12-15-11-17(20)7-8-18(15)23-13-14-3-5-16(19)6-4-14;;/h3-8,11,21H,9-10,12-13H2,1-2H3;2*1H. The van der Waals surface area contributed by atoms with Crippen molar-refractivity contribution in [1.29, 1.82) is 0 Å². The Morgan fingerprint density at radius 3 is 2.24 bits per heavy atom. The number of nitrogens with one attached hydrogen (secondary N) is 1. The highest BCUT2D eigenvalue weighted by Gasteiger charge is 2.06. The van der Waals surface area contributed by atoms with Crippen LogP contribution in [-0.4, -0.2) is 32.1 Å². The van der Waals surface area contributed by atoms with Crippen LogP contribution in [0.4, 0.5) is 0 Å².